The average Bonchev–Trinajstić information content (AvgIpc) is 2.05. The zero-order chi connectivity index (χ0) is 7.40. The van der Waals surface area contributed by atoms with Crippen molar-refractivity contribution >= 4 is 5.91 Å². The summed E-state index contributed by atoms with van der Waals surface area (Å²) >= 11 is 0. The van der Waals surface area contributed by atoms with Gasteiger partial charge in [0.25, 0.3) is 0 Å². The van der Waals surface area contributed by atoms with E-state index in [-0.39, 0.29) is 0 Å². The fraction of sp³-hybridized carbons (Fsp3) is 0.750. The second kappa shape index (κ2) is 3.59. The third-order valence-electron chi connectivity index (χ3n) is 1.86. The van der Waals surface area contributed by atoms with E-state index in [1.165, 1.54) is 0 Å². The molecule has 0 aromatic rings. The van der Waals surface area contributed by atoms with Crippen molar-refractivity contribution in [3.8, 4) is 0 Å². The number of carbonyl (C=O) groups is 1. The quantitative estimate of drug-likeness (QED) is 0.536. The third kappa shape index (κ3) is 1.72. The van der Waals surface area contributed by atoms with Gasteiger partial charge in [0.05, 0.1) is 0 Å². The van der Waals surface area contributed by atoms with Gasteiger partial charge in [-0.05, 0) is 19.3 Å². The summed E-state index contributed by atoms with van der Waals surface area (Å²) in [4.78, 5) is 13.0. The zero-order valence-corrected chi connectivity index (χ0v) is 6.47. The summed E-state index contributed by atoms with van der Waals surface area (Å²) in [6.45, 7) is 3.79. The molecule has 0 spiro atoms. The molecule has 1 amide bonds. The smallest absolute Gasteiger partial charge is 0.222 e. The van der Waals surface area contributed by atoms with Gasteiger partial charge in [-0.1, -0.05) is 6.92 Å². The molecule has 0 bridgehead atoms. The van der Waals surface area contributed by atoms with Gasteiger partial charge in [0.15, 0.2) is 0 Å². The second-order valence-electron chi connectivity index (χ2n) is 2.60. The SMILES string of the molecule is CCC(=O)N1CC[CH]CC1. The summed E-state index contributed by atoms with van der Waals surface area (Å²) < 4.78 is 0. The van der Waals surface area contributed by atoms with Crippen molar-refractivity contribution in [2.45, 2.75) is 26.2 Å². The summed E-state index contributed by atoms with van der Waals surface area (Å²) in [6.07, 6.45) is 5.05. The normalized spacial score (nSPS) is 19.1. The Morgan fingerprint density at radius 1 is 1.50 bits per heavy atom. The van der Waals surface area contributed by atoms with Crippen molar-refractivity contribution in [2.24, 2.45) is 0 Å². The number of rotatable bonds is 1. The van der Waals surface area contributed by atoms with Gasteiger partial charge in [-0.2, -0.15) is 0 Å². The van der Waals surface area contributed by atoms with Crippen LogP contribution in [0.15, 0.2) is 0 Å². The molecule has 2 heteroatoms. The van der Waals surface area contributed by atoms with Crippen LogP contribution in [0.4, 0.5) is 0 Å². The van der Waals surface area contributed by atoms with Crippen LogP contribution in [0.5, 0.6) is 0 Å². The molecule has 0 aromatic heterocycles. The van der Waals surface area contributed by atoms with Crippen LogP contribution in [0.2, 0.25) is 0 Å². The van der Waals surface area contributed by atoms with Crippen molar-refractivity contribution in [3.05, 3.63) is 6.42 Å². The molecule has 10 heavy (non-hydrogen) atoms. The third-order valence-corrected chi connectivity index (χ3v) is 1.86. The molecule has 1 heterocycles. The fourth-order valence-electron chi connectivity index (χ4n) is 1.22. The van der Waals surface area contributed by atoms with Gasteiger partial charge in [0.2, 0.25) is 5.91 Å². The molecule has 2 nitrogen and oxygen atoms in total. The predicted octanol–water partition coefficient (Wildman–Crippen LogP) is 1.22. The van der Waals surface area contributed by atoms with Gasteiger partial charge >= 0.3 is 0 Å². The molecule has 0 aromatic carbocycles. The number of amides is 1. The number of hydrogen-bond donors (Lipinski definition) is 0. The number of nitrogens with zero attached hydrogens (tertiary/aromatic N) is 1. The Hall–Kier alpha value is -0.530. The molecule has 1 aliphatic rings. The van der Waals surface area contributed by atoms with Gasteiger partial charge in [0.1, 0.15) is 0 Å². The molecule has 1 rings (SSSR count). The van der Waals surface area contributed by atoms with E-state index in [2.05, 4.69) is 6.42 Å². The molecule has 1 saturated heterocycles. The van der Waals surface area contributed by atoms with E-state index in [9.17, 15) is 4.79 Å². The van der Waals surface area contributed by atoms with Gasteiger partial charge in [-0.15, -0.1) is 0 Å². The van der Waals surface area contributed by atoms with E-state index in [1.54, 1.807) is 0 Å². The lowest BCUT2D eigenvalue weighted by Gasteiger charge is -2.25. The summed E-state index contributed by atoms with van der Waals surface area (Å²) in [6, 6.07) is 0. The van der Waals surface area contributed by atoms with E-state index in [0.717, 1.165) is 25.9 Å². The highest BCUT2D eigenvalue weighted by Gasteiger charge is 2.13. The predicted molar refractivity (Wildman–Crippen MR) is 40.4 cm³/mol. The van der Waals surface area contributed by atoms with Gasteiger partial charge in [0, 0.05) is 19.5 Å². The lowest BCUT2D eigenvalue weighted by atomic mass is 10.1. The number of carbonyl (C=O) groups excluding carboxylic acids is 1. The second-order valence-corrected chi connectivity index (χ2v) is 2.60. The lowest BCUT2D eigenvalue weighted by Crippen LogP contribution is -2.35. The van der Waals surface area contributed by atoms with E-state index in [1.807, 2.05) is 11.8 Å². The van der Waals surface area contributed by atoms with E-state index < -0.39 is 0 Å². The number of hydrogen-bond acceptors (Lipinski definition) is 1. The summed E-state index contributed by atoms with van der Waals surface area (Å²) in [5, 5.41) is 0. The van der Waals surface area contributed by atoms with Crippen molar-refractivity contribution in [1.82, 2.24) is 4.90 Å². The Balaban J connectivity index is 2.31. The van der Waals surface area contributed by atoms with E-state index in [0.29, 0.717) is 12.3 Å². The van der Waals surface area contributed by atoms with Crippen LogP contribution in [0.1, 0.15) is 26.2 Å². The number of likely N-dealkylation sites (tertiary alicyclic amines) is 1. The van der Waals surface area contributed by atoms with Crippen LogP contribution >= 0.6 is 0 Å². The zero-order valence-electron chi connectivity index (χ0n) is 6.47. The molecule has 57 valence electrons. The monoisotopic (exact) mass is 140 g/mol. The summed E-state index contributed by atoms with van der Waals surface area (Å²) in [5.74, 6) is 0.299. The standard InChI is InChI=1S/C8H14NO/c1-2-8(10)9-6-4-3-5-7-9/h3H,2,4-7H2,1H3. The van der Waals surface area contributed by atoms with Gasteiger partial charge in [-0.25, -0.2) is 0 Å². The topological polar surface area (TPSA) is 20.3 Å². The molecule has 0 atom stereocenters. The highest BCUT2D eigenvalue weighted by Crippen LogP contribution is 2.08. The molecule has 1 aliphatic heterocycles. The first-order valence-electron chi connectivity index (χ1n) is 3.94. The maximum absolute atomic E-state index is 11.1. The maximum Gasteiger partial charge on any atom is 0.222 e. The molecule has 0 saturated carbocycles. The molecular weight excluding hydrogens is 126 g/mol. The Morgan fingerprint density at radius 2 is 2.10 bits per heavy atom. The van der Waals surface area contributed by atoms with Crippen molar-refractivity contribution in [2.75, 3.05) is 13.1 Å². The maximum atomic E-state index is 11.1. The van der Waals surface area contributed by atoms with Crippen molar-refractivity contribution in [1.29, 1.82) is 0 Å². The van der Waals surface area contributed by atoms with E-state index >= 15 is 0 Å². The molecule has 0 N–H and O–H groups in total. The Bertz CT molecular complexity index is 116. The number of piperidine rings is 1. The minimum Gasteiger partial charge on any atom is -0.343 e. The first-order chi connectivity index (χ1) is 4.84. The highest BCUT2D eigenvalue weighted by atomic mass is 16.2. The van der Waals surface area contributed by atoms with Crippen LogP contribution in [0, 0.1) is 6.42 Å². The molecule has 1 fully saturated rings. The first-order valence-corrected chi connectivity index (χ1v) is 3.94. The Morgan fingerprint density at radius 3 is 2.60 bits per heavy atom. The van der Waals surface area contributed by atoms with Crippen LogP contribution in [-0.4, -0.2) is 23.9 Å². The van der Waals surface area contributed by atoms with Crippen LogP contribution in [0.25, 0.3) is 0 Å². The molecule has 0 unspecified atom stereocenters. The van der Waals surface area contributed by atoms with Gasteiger partial charge in [-0.3, -0.25) is 4.79 Å². The lowest BCUT2D eigenvalue weighted by molar-refractivity contribution is -0.131. The molecular formula is C8H14NO. The largest absolute Gasteiger partial charge is 0.343 e. The Kier molecular flexibility index (Phi) is 2.72. The minimum absolute atomic E-state index is 0.299. The van der Waals surface area contributed by atoms with Crippen LogP contribution < -0.4 is 0 Å². The van der Waals surface area contributed by atoms with E-state index in [4.69, 9.17) is 0 Å². The van der Waals surface area contributed by atoms with Crippen LogP contribution in [-0.2, 0) is 4.79 Å². The molecule has 1 radical (unpaired) electrons. The average molecular weight is 140 g/mol. The highest BCUT2D eigenvalue weighted by molar-refractivity contribution is 5.75. The van der Waals surface area contributed by atoms with Gasteiger partial charge < -0.3 is 4.90 Å². The van der Waals surface area contributed by atoms with Crippen LogP contribution in [0.3, 0.4) is 0 Å². The fourth-order valence-corrected chi connectivity index (χ4v) is 1.22. The minimum atomic E-state index is 0.299. The molecule has 0 aliphatic carbocycles. The summed E-state index contributed by atoms with van der Waals surface area (Å²) in [7, 11) is 0. The van der Waals surface area contributed by atoms with Crippen molar-refractivity contribution < 1.29 is 4.79 Å². The van der Waals surface area contributed by atoms with Crippen molar-refractivity contribution in [3.63, 3.8) is 0 Å². The Labute approximate surface area is 62.2 Å². The summed E-state index contributed by atoms with van der Waals surface area (Å²) in [5.41, 5.74) is 0. The first kappa shape index (κ1) is 7.58.